The Balaban J connectivity index is 1.94. The van der Waals surface area contributed by atoms with Crippen molar-refractivity contribution in [1.29, 1.82) is 0 Å². The van der Waals surface area contributed by atoms with Gasteiger partial charge in [-0.15, -0.1) is 5.06 Å². The Labute approximate surface area is 97.1 Å². The maximum atomic E-state index is 11.5. The quantitative estimate of drug-likeness (QED) is 0.700. The van der Waals surface area contributed by atoms with Gasteiger partial charge in [0.25, 0.3) is 11.8 Å². The van der Waals surface area contributed by atoms with E-state index in [1.165, 1.54) is 6.20 Å². The van der Waals surface area contributed by atoms with Gasteiger partial charge in [-0.1, -0.05) is 6.07 Å². The minimum atomic E-state index is -0.651. The molecule has 0 radical (unpaired) electrons. The zero-order valence-corrected chi connectivity index (χ0v) is 8.96. The third kappa shape index (κ3) is 2.66. The molecule has 0 spiro atoms. The van der Waals surface area contributed by atoms with E-state index >= 15 is 0 Å². The van der Waals surface area contributed by atoms with E-state index in [4.69, 9.17) is 4.84 Å². The van der Waals surface area contributed by atoms with Gasteiger partial charge in [0, 0.05) is 25.2 Å². The Bertz CT molecular complexity index is 442. The van der Waals surface area contributed by atoms with E-state index in [1.807, 2.05) is 0 Å². The first-order chi connectivity index (χ1) is 8.16. The number of pyridine rings is 1. The van der Waals surface area contributed by atoms with Crippen LogP contribution in [-0.4, -0.2) is 27.8 Å². The SMILES string of the molecule is O=C(Cc1cccnc1)ON1C(=O)CCC1=O. The maximum Gasteiger partial charge on any atom is 0.337 e. The van der Waals surface area contributed by atoms with Gasteiger partial charge in [-0.2, -0.15) is 0 Å². The van der Waals surface area contributed by atoms with E-state index in [2.05, 4.69) is 4.98 Å². The highest BCUT2D eigenvalue weighted by molar-refractivity contribution is 6.01. The predicted octanol–water partition coefficient (Wildman–Crippen LogP) is 0.231. The Hall–Kier alpha value is -2.24. The van der Waals surface area contributed by atoms with Crippen molar-refractivity contribution in [2.24, 2.45) is 0 Å². The van der Waals surface area contributed by atoms with Crippen LogP contribution in [0.1, 0.15) is 18.4 Å². The molecule has 6 nitrogen and oxygen atoms in total. The van der Waals surface area contributed by atoms with E-state index in [0.29, 0.717) is 10.6 Å². The summed E-state index contributed by atoms with van der Waals surface area (Å²) < 4.78 is 0. The number of amides is 2. The molecule has 6 heteroatoms. The second kappa shape index (κ2) is 4.73. The van der Waals surface area contributed by atoms with Crippen molar-refractivity contribution in [3.05, 3.63) is 30.1 Å². The first-order valence-electron chi connectivity index (χ1n) is 5.12. The molecule has 0 unspecified atom stereocenters. The largest absolute Gasteiger partial charge is 0.337 e. The Morgan fingerprint density at radius 1 is 1.35 bits per heavy atom. The Kier molecular flexibility index (Phi) is 3.13. The van der Waals surface area contributed by atoms with E-state index in [9.17, 15) is 14.4 Å². The zero-order valence-electron chi connectivity index (χ0n) is 8.96. The van der Waals surface area contributed by atoms with Gasteiger partial charge < -0.3 is 4.84 Å². The van der Waals surface area contributed by atoms with E-state index < -0.39 is 17.8 Å². The Morgan fingerprint density at radius 3 is 2.65 bits per heavy atom. The normalized spacial score (nSPS) is 15.2. The number of nitrogens with zero attached hydrogens (tertiary/aromatic N) is 2. The van der Waals surface area contributed by atoms with Gasteiger partial charge in [0.1, 0.15) is 0 Å². The average Bonchev–Trinajstić information content (AvgIpc) is 2.62. The fourth-order valence-corrected chi connectivity index (χ4v) is 1.46. The summed E-state index contributed by atoms with van der Waals surface area (Å²) in [5.41, 5.74) is 0.664. The lowest BCUT2D eigenvalue weighted by Crippen LogP contribution is -2.32. The summed E-state index contributed by atoms with van der Waals surface area (Å²) in [6.07, 6.45) is 3.28. The summed E-state index contributed by atoms with van der Waals surface area (Å²) in [7, 11) is 0. The summed E-state index contributed by atoms with van der Waals surface area (Å²) >= 11 is 0. The van der Waals surface area contributed by atoms with Gasteiger partial charge in [-0.25, -0.2) is 4.79 Å². The van der Waals surface area contributed by atoms with Gasteiger partial charge in [-0.3, -0.25) is 14.6 Å². The Morgan fingerprint density at radius 2 is 2.06 bits per heavy atom. The van der Waals surface area contributed by atoms with E-state index in [0.717, 1.165) is 0 Å². The minimum absolute atomic E-state index is 0.0229. The van der Waals surface area contributed by atoms with Crippen LogP contribution in [0, 0.1) is 0 Å². The second-order valence-corrected chi connectivity index (χ2v) is 3.58. The first-order valence-corrected chi connectivity index (χ1v) is 5.12. The van der Waals surface area contributed by atoms with Crippen molar-refractivity contribution in [2.45, 2.75) is 19.3 Å². The number of hydrogen-bond donors (Lipinski definition) is 0. The molecule has 1 fully saturated rings. The third-order valence-corrected chi connectivity index (χ3v) is 2.27. The van der Waals surface area contributed by atoms with Crippen LogP contribution in [0.3, 0.4) is 0 Å². The van der Waals surface area contributed by atoms with Crippen LogP contribution < -0.4 is 0 Å². The van der Waals surface area contributed by atoms with Crippen molar-refractivity contribution in [3.63, 3.8) is 0 Å². The average molecular weight is 234 g/mol. The molecule has 1 aliphatic rings. The maximum absolute atomic E-state index is 11.5. The van der Waals surface area contributed by atoms with Crippen molar-refractivity contribution in [3.8, 4) is 0 Å². The van der Waals surface area contributed by atoms with Crippen LogP contribution >= 0.6 is 0 Å². The molecule has 0 N–H and O–H groups in total. The lowest BCUT2D eigenvalue weighted by atomic mass is 10.2. The molecule has 2 heterocycles. The molecule has 2 amide bonds. The molecule has 1 saturated heterocycles. The molecule has 1 aliphatic heterocycles. The van der Waals surface area contributed by atoms with Gasteiger partial charge in [0.2, 0.25) is 0 Å². The van der Waals surface area contributed by atoms with Crippen LogP contribution in [0.5, 0.6) is 0 Å². The summed E-state index contributed by atoms with van der Waals surface area (Å²) in [4.78, 5) is 42.4. The zero-order chi connectivity index (χ0) is 12.3. The van der Waals surface area contributed by atoms with E-state index in [1.54, 1.807) is 18.3 Å². The van der Waals surface area contributed by atoms with Crippen LogP contribution in [0.4, 0.5) is 0 Å². The predicted molar refractivity (Wildman–Crippen MR) is 55.1 cm³/mol. The second-order valence-electron chi connectivity index (χ2n) is 3.58. The molecule has 0 aliphatic carbocycles. The molecule has 0 atom stereocenters. The number of hydrogen-bond acceptors (Lipinski definition) is 5. The highest BCUT2D eigenvalue weighted by Crippen LogP contribution is 2.12. The van der Waals surface area contributed by atoms with Crippen LogP contribution in [-0.2, 0) is 25.6 Å². The number of carbonyl (C=O) groups excluding carboxylic acids is 3. The van der Waals surface area contributed by atoms with E-state index in [-0.39, 0.29) is 19.3 Å². The summed E-state index contributed by atoms with van der Waals surface area (Å²) in [5, 5.41) is 0.540. The molecular formula is C11H10N2O4. The van der Waals surface area contributed by atoms with Gasteiger partial charge in [0.05, 0.1) is 6.42 Å². The van der Waals surface area contributed by atoms with Crippen molar-refractivity contribution in [1.82, 2.24) is 10.0 Å². The van der Waals surface area contributed by atoms with Crippen molar-refractivity contribution < 1.29 is 19.2 Å². The summed E-state index contributed by atoms with van der Waals surface area (Å²) in [6, 6.07) is 3.40. The third-order valence-electron chi connectivity index (χ3n) is 2.27. The number of hydroxylamine groups is 2. The molecule has 1 aromatic rings. The van der Waals surface area contributed by atoms with Gasteiger partial charge in [-0.05, 0) is 11.6 Å². The van der Waals surface area contributed by atoms with Crippen molar-refractivity contribution in [2.75, 3.05) is 0 Å². The fraction of sp³-hybridized carbons (Fsp3) is 0.273. The summed E-state index contributed by atoms with van der Waals surface area (Å²) in [6.45, 7) is 0. The lowest BCUT2D eigenvalue weighted by molar-refractivity contribution is -0.197. The minimum Gasteiger partial charge on any atom is -0.330 e. The smallest absolute Gasteiger partial charge is 0.330 e. The monoisotopic (exact) mass is 234 g/mol. The number of aromatic nitrogens is 1. The first kappa shape index (κ1) is 11.3. The molecular weight excluding hydrogens is 224 g/mol. The fourth-order valence-electron chi connectivity index (χ4n) is 1.46. The summed E-state index contributed by atoms with van der Waals surface area (Å²) in [5.74, 6) is -1.61. The standard InChI is InChI=1S/C11H10N2O4/c14-9-3-4-10(15)13(9)17-11(16)6-8-2-1-5-12-7-8/h1-2,5,7H,3-4,6H2. The number of imide groups is 1. The highest BCUT2D eigenvalue weighted by atomic mass is 16.7. The van der Waals surface area contributed by atoms with Crippen LogP contribution in [0.2, 0.25) is 0 Å². The van der Waals surface area contributed by atoms with Gasteiger partial charge in [0.15, 0.2) is 0 Å². The lowest BCUT2D eigenvalue weighted by Gasteiger charge is -2.12. The molecule has 0 saturated carbocycles. The van der Waals surface area contributed by atoms with Crippen LogP contribution in [0.15, 0.2) is 24.5 Å². The molecule has 2 rings (SSSR count). The van der Waals surface area contributed by atoms with Gasteiger partial charge >= 0.3 is 5.97 Å². The highest BCUT2D eigenvalue weighted by Gasteiger charge is 2.32. The molecule has 0 aromatic carbocycles. The molecule has 17 heavy (non-hydrogen) atoms. The molecule has 88 valence electrons. The number of carbonyl (C=O) groups is 3. The number of rotatable bonds is 3. The topological polar surface area (TPSA) is 76.6 Å². The van der Waals surface area contributed by atoms with Crippen molar-refractivity contribution >= 4 is 17.8 Å². The molecule has 1 aromatic heterocycles. The van der Waals surface area contributed by atoms with Crippen LogP contribution in [0.25, 0.3) is 0 Å². The molecule has 0 bridgehead atoms.